The molecule has 1 fully saturated rings. The lowest BCUT2D eigenvalue weighted by atomic mass is 9.88. The van der Waals surface area contributed by atoms with E-state index in [9.17, 15) is 0 Å². The highest BCUT2D eigenvalue weighted by atomic mass is 16.5. The largest absolute Gasteiger partial charge is 0.497 e. The van der Waals surface area contributed by atoms with E-state index in [-0.39, 0.29) is 0 Å². The SMILES string of the molecule is COc1ccc(CN(CC2CCCCC2)CC(C)(C)C)cc1. The van der Waals surface area contributed by atoms with Crippen molar-refractivity contribution in [1.29, 1.82) is 0 Å². The number of methoxy groups -OCH3 is 1. The van der Waals surface area contributed by atoms with Crippen LogP contribution >= 0.6 is 0 Å². The van der Waals surface area contributed by atoms with E-state index in [0.29, 0.717) is 5.41 Å². The molecule has 0 bridgehead atoms. The van der Waals surface area contributed by atoms with E-state index in [0.717, 1.165) is 24.8 Å². The van der Waals surface area contributed by atoms with Crippen molar-refractivity contribution in [1.82, 2.24) is 4.90 Å². The molecule has 0 aliphatic heterocycles. The molecular weight excluding hydrogens is 270 g/mol. The molecule has 2 nitrogen and oxygen atoms in total. The molecule has 1 aliphatic rings. The zero-order chi connectivity index (χ0) is 16.0. The molecule has 0 aromatic heterocycles. The van der Waals surface area contributed by atoms with Crippen LogP contribution in [-0.2, 0) is 6.54 Å². The first-order valence-electron chi connectivity index (χ1n) is 8.81. The third-order valence-electron chi connectivity index (χ3n) is 4.50. The predicted molar refractivity (Wildman–Crippen MR) is 94.3 cm³/mol. The molecular formula is C20H33NO. The Balaban J connectivity index is 1.98. The van der Waals surface area contributed by atoms with Gasteiger partial charge in [-0.2, -0.15) is 0 Å². The van der Waals surface area contributed by atoms with Crippen molar-refractivity contribution < 1.29 is 4.74 Å². The summed E-state index contributed by atoms with van der Waals surface area (Å²) in [5, 5.41) is 0. The number of nitrogens with zero attached hydrogens (tertiary/aromatic N) is 1. The van der Waals surface area contributed by atoms with E-state index in [1.807, 2.05) is 0 Å². The van der Waals surface area contributed by atoms with Crippen molar-refractivity contribution in [2.45, 2.75) is 59.4 Å². The van der Waals surface area contributed by atoms with Crippen LogP contribution in [0.4, 0.5) is 0 Å². The Morgan fingerprint density at radius 3 is 2.23 bits per heavy atom. The summed E-state index contributed by atoms with van der Waals surface area (Å²) in [6, 6.07) is 8.56. The minimum atomic E-state index is 0.348. The van der Waals surface area contributed by atoms with Crippen LogP contribution in [0.3, 0.4) is 0 Å². The molecule has 2 rings (SSSR count). The highest BCUT2D eigenvalue weighted by Crippen LogP contribution is 2.27. The minimum Gasteiger partial charge on any atom is -0.497 e. The molecule has 1 aliphatic carbocycles. The summed E-state index contributed by atoms with van der Waals surface area (Å²) in [5.41, 5.74) is 1.74. The van der Waals surface area contributed by atoms with Crippen LogP contribution in [-0.4, -0.2) is 25.1 Å². The molecule has 2 heteroatoms. The maximum atomic E-state index is 5.26. The fourth-order valence-corrected chi connectivity index (χ4v) is 3.58. The highest BCUT2D eigenvalue weighted by molar-refractivity contribution is 5.27. The monoisotopic (exact) mass is 303 g/mol. The minimum absolute atomic E-state index is 0.348. The first-order valence-corrected chi connectivity index (χ1v) is 8.81. The van der Waals surface area contributed by atoms with Gasteiger partial charge in [-0.05, 0) is 41.9 Å². The average molecular weight is 303 g/mol. The van der Waals surface area contributed by atoms with Gasteiger partial charge < -0.3 is 4.74 Å². The lowest BCUT2D eigenvalue weighted by molar-refractivity contribution is 0.144. The topological polar surface area (TPSA) is 12.5 Å². The summed E-state index contributed by atoms with van der Waals surface area (Å²) in [6.07, 6.45) is 7.13. The van der Waals surface area contributed by atoms with E-state index in [4.69, 9.17) is 4.74 Å². The van der Waals surface area contributed by atoms with E-state index < -0.39 is 0 Å². The van der Waals surface area contributed by atoms with Crippen LogP contribution < -0.4 is 4.74 Å². The molecule has 0 atom stereocenters. The van der Waals surface area contributed by atoms with Gasteiger partial charge in [0.2, 0.25) is 0 Å². The number of rotatable bonds is 6. The Morgan fingerprint density at radius 2 is 1.68 bits per heavy atom. The first-order chi connectivity index (χ1) is 10.5. The lowest BCUT2D eigenvalue weighted by Crippen LogP contribution is -2.36. The Bertz CT molecular complexity index is 426. The number of hydrogen-bond donors (Lipinski definition) is 0. The maximum absolute atomic E-state index is 5.26. The fourth-order valence-electron chi connectivity index (χ4n) is 3.58. The third kappa shape index (κ3) is 6.00. The molecule has 1 aromatic carbocycles. The Morgan fingerprint density at radius 1 is 1.05 bits per heavy atom. The second kappa shape index (κ2) is 8.01. The molecule has 0 spiro atoms. The fraction of sp³-hybridized carbons (Fsp3) is 0.700. The molecule has 0 heterocycles. The summed E-state index contributed by atoms with van der Waals surface area (Å²) in [7, 11) is 1.73. The number of ether oxygens (including phenoxy) is 1. The lowest BCUT2D eigenvalue weighted by Gasteiger charge is -2.34. The molecule has 22 heavy (non-hydrogen) atoms. The molecule has 1 aromatic rings. The van der Waals surface area contributed by atoms with Crippen LogP contribution in [0.2, 0.25) is 0 Å². The number of benzene rings is 1. The zero-order valence-corrected chi connectivity index (χ0v) is 14.9. The Labute approximate surface area is 136 Å². The summed E-state index contributed by atoms with van der Waals surface area (Å²) >= 11 is 0. The van der Waals surface area contributed by atoms with Crippen molar-refractivity contribution in [2.75, 3.05) is 20.2 Å². The van der Waals surface area contributed by atoms with Gasteiger partial charge in [-0.25, -0.2) is 0 Å². The smallest absolute Gasteiger partial charge is 0.118 e. The summed E-state index contributed by atoms with van der Waals surface area (Å²) in [4.78, 5) is 2.66. The van der Waals surface area contributed by atoms with Gasteiger partial charge in [0.25, 0.3) is 0 Å². The van der Waals surface area contributed by atoms with E-state index in [1.165, 1.54) is 44.2 Å². The molecule has 0 N–H and O–H groups in total. The van der Waals surface area contributed by atoms with Crippen molar-refractivity contribution in [3.8, 4) is 5.75 Å². The first kappa shape index (κ1) is 17.3. The molecule has 0 saturated heterocycles. The summed E-state index contributed by atoms with van der Waals surface area (Å²) in [5.74, 6) is 1.84. The quantitative estimate of drug-likeness (QED) is 0.723. The van der Waals surface area contributed by atoms with Crippen molar-refractivity contribution in [2.24, 2.45) is 11.3 Å². The normalized spacial score (nSPS) is 17.0. The number of hydrogen-bond acceptors (Lipinski definition) is 2. The van der Waals surface area contributed by atoms with E-state index in [1.54, 1.807) is 7.11 Å². The van der Waals surface area contributed by atoms with Crippen LogP contribution in [0.25, 0.3) is 0 Å². The van der Waals surface area contributed by atoms with Crippen LogP contribution in [0.15, 0.2) is 24.3 Å². The maximum Gasteiger partial charge on any atom is 0.118 e. The van der Waals surface area contributed by atoms with Crippen molar-refractivity contribution >= 4 is 0 Å². The molecule has 1 saturated carbocycles. The molecule has 0 radical (unpaired) electrons. The van der Waals surface area contributed by atoms with Crippen LogP contribution in [0, 0.1) is 11.3 Å². The molecule has 124 valence electrons. The van der Waals surface area contributed by atoms with Crippen LogP contribution in [0.1, 0.15) is 58.4 Å². The van der Waals surface area contributed by atoms with Gasteiger partial charge in [0.05, 0.1) is 7.11 Å². The summed E-state index contributed by atoms with van der Waals surface area (Å²) in [6.45, 7) is 10.5. The van der Waals surface area contributed by atoms with E-state index >= 15 is 0 Å². The van der Waals surface area contributed by atoms with Gasteiger partial charge in [0.1, 0.15) is 5.75 Å². The Hall–Kier alpha value is -1.02. The predicted octanol–water partition coefficient (Wildman–Crippen LogP) is 5.12. The second-order valence-corrected chi connectivity index (χ2v) is 8.08. The van der Waals surface area contributed by atoms with Gasteiger partial charge in [-0.15, -0.1) is 0 Å². The third-order valence-corrected chi connectivity index (χ3v) is 4.50. The van der Waals surface area contributed by atoms with Crippen molar-refractivity contribution in [3.05, 3.63) is 29.8 Å². The average Bonchev–Trinajstić information content (AvgIpc) is 2.47. The Kier molecular flexibility index (Phi) is 6.31. The standard InChI is InChI=1S/C20H33NO/c1-20(2,3)16-21(14-17-8-6-5-7-9-17)15-18-10-12-19(22-4)13-11-18/h10-13,17H,5-9,14-16H2,1-4H3. The second-order valence-electron chi connectivity index (χ2n) is 8.08. The van der Waals surface area contributed by atoms with E-state index in [2.05, 4.69) is 49.9 Å². The van der Waals surface area contributed by atoms with Crippen molar-refractivity contribution in [3.63, 3.8) is 0 Å². The van der Waals surface area contributed by atoms with Gasteiger partial charge >= 0.3 is 0 Å². The highest BCUT2D eigenvalue weighted by Gasteiger charge is 2.21. The van der Waals surface area contributed by atoms with Gasteiger partial charge in [0, 0.05) is 19.6 Å². The van der Waals surface area contributed by atoms with Gasteiger partial charge in [-0.3, -0.25) is 4.90 Å². The van der Waals surface area contributed by atoms with Gasteiger partial charge in [-0.1, -0.05) is 52.2 Å². The van der Waals surface area contributed by atoms with Crippen LogP contribution in [0.5, 0.6) is 5.75 Å². The summed E-state index contributed by atoms with van der Waals surface area (Å²) < 4.78 is 5.26. The van der Waals surface area contributed by atoms with Gasteiger partial charge in [0.15, 0.2) is 0 Å². The zero-order valence-electron chi connectivity index (χ0n) is 14.9. The molecule has 0 unspecified atom stereocenters. The molecule has 0 amide bonds.